The monoisotopic (exact) mass is 311 g/mol. The molecule has 110 valence electrons. The van der Waals surface area contributed by atoms with Crippen molar-refractivity contribution < 1.29 is 14.1 Å². The second-order valence-electron chi connectivity index (χ2n) is 3.97. The van der Waals surface area contributed by atoms with E-state index in [1.807, 2.05) is 0 Å². The maximum absolute atomic E-state index is 12.7. The Kier molecular flexibility index (Phi) is 4.38. The lowest BCUT2D eigenvalue weighted by molar-refractivity contribution is -0.389. The zero-order valence-electron chi connectivity index (χ0n) is 10.8. The van der Waals surface area contributed by atoms with E-state index >= 15 is 0 Å². The van der Waals surface area contributed by atoms with Crippen molar-refractivity contribution in [2.75, 3.05) is 0 Å². The van der Waals surface area contributed by atoms with Crippen molar-refractivity contribution in [2.45, 2.75) is 13.5 Å². The van der Waals surface area contributed by atoms with E-state index in [4.69, 9.17) is 0 Å². The average molecular weight is 311 g/mol. The van der Waals surface area contributed by atoms with E-state index in [0.29, 0.717) is 10.7 Å². The molecule has 10 heteroatoms. The summed E-state index contributed by atoms with van der Waals surface area (Å²) in [6, 6.07) is 2.82. The van der Waals surface area contributed by atoms with Crippen LogP contribution < -0.4 is 5.43 Å². The Bertz CT molecular complexity index is 709. The Labute approximate surface area is 122 Å². The van der Waals surface area contributed by atoms with E-state index in [1.54, 1.807) is 6.92 Å². The van der Waals surface area contributed by atoms with Crippen molar-refractivity contribution in [3.05, 3.63) is 44.3 Å². The van der Waals surface area contributed by atoms with Crippen molar-refractivity contribution in [1.82, 2.24) is 15.0 Å². The van der Waals surface area contributed by atoms with Gasteiger partial charge in [0, 0.05) is 6.92 Å². The predicted molar refractivity (Wildman–Crippen MR) is 73.6 cm³/mol. The lowest BCUT2D eigenvalue weighted by Gasteiger charge is -2.00. The van der Waals surface area contributed by atoms with Crippen LogP contribution >= 0.6 is 11.3 Å². The number of hydrogen-bond acceptors (Lipinski definition) is 6. The van der Waals surface area contributed by atoms with Gasteiger partial charge < -0.3 is 10.1 Å². The van der Waals surface area contributed by atoms with Gasteiger partial charge in [0.15, 0.2) is 5.13 Å². The van der Waals surface area contributed by atoms with Gasteiger partial charge in [0.2, 0.25) is 5.82 Å². The molecule has 0 fully saturated rings. The van der Waals surface area contributed by atoms with E-state index < -0.39 is 10.8 Å². The molecule has 0 bridgehead atoms. The number of halogens is 1. The van der Waals surface area contributed by atoms with Gasteiger partial charge in [-0.2, -0.15) is 9.49 Å². The molecule has 2 heterocycles. The lowest BCUT2D eigenvalue weighted by atomic mass is 10.5. The molecular formula is C11H10FN5O3S. The second kappa shape index (κ2) is 6.22. The molecule has 0 aromatic carbocycles. The fourth-order valence-electron chi connectivity index (χ4n) is 1.50. The number of nitro groups is 1. The van der Waals surface area contributed by atoms with Crippen LogP contribution in [0.1, 0.15) is 10.7 Å². The van der Waals surface area contributed by atoms with E-state index in [9.17, 15) is 19.3 Å². The minimum atomic E-state index is -0.634. The molecule has 0 unspecified atom stereocenters. The smallest absolute Gasteiger partial charge is 0.358 e. The van der Waals surface area contributed by atoms with E-state index in [-0.39, 0.29) is 17.5 Å². The van der Waals surface area contributed by atoms with Gasteiger partial charge in [-0.05, 0) is 22.0 Å². The third kappa shape index (κ3) is 3.92. The van der Waals surface area contributed by atoms with Gasteiger partial charge in [-0.3, -0.25) is 9.36 Å². The molecule has 0 saturated carbocycles. The molecule has 0 aliphatic rings. The summed E-state index contributed by atoms with van der Waals surface area (Å²) in [5, 5.41) is 13.9. The first kappa shape index (κ1) is 14.8. The van der Waals surface area contributed by atoms with Crippen LogP contribution in [-0.4, -0.2) is 26.6 Å². The van der Waals surface area contributed by atoms with Gasteiger partial charge in [-0.1, -0.05) is 0 Å². The van der Waals surface area contributed by atoms with Crippen LogP contribution in [0.5, 0.6) is 0 Å². The number of nitrogens with zero attached hydrogens (tertiary/aromatic N) is 4. The van der Waals surface area contributed by atoms with Crippen LogP contribution in [0.2, 0.25) is 0 Å². The van der Waals surface area contributed by atoms with E-state index in [2.05, 4.69) is 15.5 Å². The maximum Gasteiger partial charge on any atom is 0.381 e. The normalized spacial score (nSPS) is 11.0. The number of carbonyl (C=O) groups is 1. The van der Waals surface area contributed by atoms with Gasteiger partial charge in [0.25, 0.3) is 5.91 Å². The summed E-state index contributed by atoms with van der Waals surface area (Å²) in [5.74, 6) is -0.447. The predicted octanol–water partition coefficient (Wildman–Crippen LogP) is 1.45. The van der Waals surface area contributed by atoms with Crippen molar-refractivity contribution in [1.29, 1.82) is 0 Å². The van der Waals surface area contributed by atoms with Crippen LogP contribution in [0.4, 0.5) is 10.2 Å². The molecule has 0 radical (unpaired) electrons. The number of hydrogen-bond donors (Lipinski definition) is 1. The number of nitrogens with one attached hydrogen (secondary N) is 1. The highest BCUT2D eigenvalue weighted by molar-refractivity contribution is 7.12. The number of hydrazone groups is 1. The number of thiophene rings is 1. The number of rotatable bonds is 5. The Morgan fingerprint density at radius 3 is 3.00 bits per heavy atom. The largest absolute Gasteiger partial charge is 0.381 e. The first-order valence-corrected chi connectivity index (χ1v) is 6.53. The third-order valence-electron chi connectivity index (χ3n) is 2.44. The molecule has 0 saturated heterocycles. The highest BCUT2D eigenvalue weighted by Crippen LogP contribution is 2.11. The van der Waals surface area contributed by atoms with Crippen molar-refractivity contribution in [2.24, 2.45) is 5.10 Å². The highest BCUT2D eigenvalue weighted by Gasteiger charge is 2.16. The molecule has 0 aliphatic carbocycles. The molecule has 21 heavy (non-hydrogen) atoms. The van der Waals surface area contributed by atoms with E-state index in [0.717, 1.165) is 11.3 Å². The minimum Gasteiger partial charge on any atom is -0.358 e. The third-order valence-corrected chi connectivity index (χ3v) is 3.25. The molecule has 1 N–H and O–H groups in total. The molecule has 2 aromatic heterocycles. The molecule has 8 nitrogen and oxygen atoms in total. The Hall–Kier alpha value is -2.62. The van der Waals surface area contributed by atoms with Crippen molar-refractivity contribution in [3.8, 4) is 0 Å². The number of amides is 1. The molecule has 0 aliphatic heterocycles. The highest BCUT2D eigenvalue weighted by atomic mass is 32.1. The van der Waals surface area contributed by atoms with Gasteiger partial charge in [0.1, 0.15) is 12.7 Å². The molecule has 2 aromatic rings. The molecule has 0 atom stereocenters. The number of imidazole rings is 1. The minimum absolute atomic E-state index is 0.150. The summed E-state index contributed by atoms with van der Waals surface area (Å²) in [7, 11) is 0. The topological polar surface area (TPSA) is 102 Å². The Balaban J connectivity index is 1.93. The first-order chi connectivity index (χ1) is 9.95. The summed E-state index contributed by atoms with van der Waals surface area (Å²) in [4.78, 5) is 25.8. The van der Waals surface area contributed by atoms with Crippen LogP contribution in [-0.2, 0) is 11.3 Å². The van der Waals surface area contributed by atoms with Crippen LogP contribution in [0.15, 0.2) is 23.4 Å². The summed E-state index contributed by atoms with van der Waals surface area (Å²) >= 11 is 0.895. The summed E-state index contributed by atoms with van der Waals surface area (Å²) in [6.45, 7) is 1.40. The SMILES string of the molecule is Cc1nc([N+](=O)[O-])cn1CC(=O)N/N=C/c1ccc(F)s1. The Morgan fingerprint density at radius 1 is 1.67 bits per heavy atom. The van der Waals surface area contributed by atoms with Crippen molar-refractivity contribution >= 4 is 29.3 Å². The van der Waals surface area contributed by atoms with E-state index in [1.165, 1.54) is 29.1 Å². The van der Waals surface area contributed by atoms with Crippen LogP contribution in [0, 0.1) is 22.2 Å². The van der Waals surface area contributed by atoms with Gasteiger partial charge in [-0.15, -0.1) is 11.3 Å². The summed E-state index contributed by atoms with van der Waals surface area (Å²) < 4.78 is 14.1. The van der Waals surface area contributed by atoms with Crippen LogP contribution in [0.3, 0.4) is 0 Å². The Morgan fingerprint density at radius 2 is 2.43 bits per heavy atom. The molecular weight excluding hydrogens is 301 g/mol. The maximum atomic E-state index is 12.7. The lowest BCUT2D eigenvalue weighted by Crippen LogP contribution is -2.23. The zero-order valence-corrected chi connectivity index (χ0v) is 11.6. The van der Waals surface area contributed by atoms with Gasteiger partial charge in [-0.25, -0.2) is 5.43 Å². The second-order valence-corrected chi connectivity index (χ2v) is 5.03. The van der Waals surface area contributed by atoms with Crippen molar-refractivity contribution in [3.63, 3.8) is 0 Å². The van der Waals surface area contributed by atoms with Gasteiger partial charge in [0.05, 0.1) is 11.1 Å². The summed E-state index contributed by atoms with van der Waals surface area (Å²) in [5.41, 5.74) is 2.25. The standard InChI is InChI=1S/C11H10FN5O3S/c1-7-14-10(17(19)20)5-16(7)6-11(18)15-13-4-8-2-3-9(12)21-8/h2-5H,6H2,1H3,(H,15,18)/b13-4+. The first-order valence-electron chi connectivity index (χ1n) is 5.71. The number of aryl methyl sites for hydroxylation is 1. The molecule has 2 rings (SSSR count). The number of aromatic nitrogens is 2. The quantitative estimate of drug-likeness (QED) is 0.513. The number of carbonyl (C=O) groups excluding carboxylic acids is 1. The molecule has 0 spiro atoms. The average Bonchev–Trinajstić information content (AvgIpc) is 2.97. The fourth-order valence-corrected chi connectivity index (χ4v) is 2.10. The summed E-state index contributed by atoms with van der Waals surface area (Å²) in [6.07, 6.45) is 2.49. The zero-order chi connectivity index (χ0) is 15.4. The van der Waals surface area contributed by atoms with Gasteiger partial charge >= 0.3 is 5.82 Å². The fraction of sp³-hybridized carbons (Fsp3) is 0.182. The van der Waals surface area contributed by atoms with Crippen LogP contribution in [0.25, 0.3) is 0 Å². The molecule has 1 amide bonds.